The van der Waals surface area contributed by atoms with Gasteiger partial charge in [0.15, 0.2) is 0 Å². The smallest absolute Gasteiger partial charge is 0.248 e. The molecule has 1 heterocycles. The average molecular weight is 275 g/mol. The summed E-state index contributed by atoms with van der Waals surface area (Å²) in [5.41, 5.74) is 6.62. The van der Waals surface area contributed by atoms with E-state index < -0.39 is 5.91 Å². The molecule has 0 unspecified atom stereocenters. The van der Waals surface area contributed by atoms with Gasteiger partial charge in [0.05, 0.1) is 0 Å². The van der Waals surface area contributed by atoms with E-state index in [0.717, 1.165) is 24.9 Å². The first-order valence-electron chi connectivity index (χ1n) is 6.96. The van der Waals surface area contributed by atoms with E-state index in [1.165, 1.54) is 0 Å². The summed E-state index contributed by atoms with van der Waals surface area (Å²) in [6.07, 6.45) is 1.77. The molecule has 2 atom stereocenters. The minimum atomic E-state index is -0.440. The molecule has 108 valence electrons. The summed E-state index contributed by atoms with van der Waals surface area (Å²) in [5.74, 6) is -0.238. The fourth-order valence-corrected chi connectivity index (χ4v) is 2.49. The van der Waals surface area contributed by atoms with Gasteiger partial charge in [-0.15, -0.1) is 0 Å². The predicted molar refractivity (Wildman–Crippen MR) is 77.0 cm³/mol. The number of carbonyl (C=O) groups excluding carboxylic acids is 2. The zero-order chi connectivity index (χ0) is 14.5. The molecule has 5 nitrogen and oxygen atoms in total. The molecule has 1 aromatic carbocycles. The average Bonchev–Trinajstić information content (AvgIpc) is 2.45. The lowest BCUT2D eigenvalue weighted by atomic mass is 9.92. The summed E-state index contributed by atoms with van der Waals surface area (Å²) in [6, 6.07) is 7.37. The Morgan fingerprint density at radius 3 is 2.65 bits per heavy atom. The number of hydrogen-bond acceptors (Lipinski definition) is 3. The molecule has 20 heavy (non-hydrogen) atoms. The number of benzene rings is 1. The summed E-state index contributed by atoms with van der Waals surface area (Å²) >= 11 is 0. The Labute approximate surface area is 118 Å². The first kappa shape index (κ1) is 14.5. The fraction of sp³-hybridized carbons (Fsp3) is 0.467. The molecule has 1 aliphatic rings. The van der Waals surface area contributed by atoms with Crippen molar-refractivity contribution >= 4 is 11.8 Å². The minimum Gasteiger partial charge on any atom is -0.366 e. The Bertz CT molecular complexity index is 484. The number of hydrogen-bond donors (Lipinski definition) is 3. The maximum Gasteiger partial charge on any atom is 0.248 e. The van der Waals surface area contributed by atoms with Crippen LogP contribution in [0, 0.1) is 5.92 Å². The lowest BCUT2D eigenvalue weighted by Crippen LogP contribution is -2.42. The highest BCUT2D eigenvalue weighted by Gasteiger charge is 2.24. The van der Waals surface area contributed by atoms with Gasteiger partial charge < -0.3 is 16.4 Å². The molecule has 0 radical (unpaired) electrons. The number of primary amides is 1. The number of amides is 2. The van der Waals surface area contributed by atoms with E-state index in [1.807, 2.05) is 12.1 Å². The topological polar surface area (TPSA) is 84.2 Å². The molecule has 2 amide bonds. The predicted octanol–water partition coefficient (Wildman–Crippen LogP) is 0.790. The quantitative estimate of drug-likeness (QED) is 0.759. The molecule has 0 aromatic heterocycles. The second-order valence-electron chi connectivity index (χ2n) is 5.36. The largest absolute Gasteiger partial charge is 0.366 e. The summed E-state index contributed by atoms with van der Waals surface area (Å²) < 4.78 is 0. The Kier molecular flexibility index (Phi) is 4.74. The minimum absolute atomic E-state index is 0.0937. The molecule has 5 heteroatoms. The SMILES string of the molecule is C[C@H]1C[C@@H](C(=O)NCc2ccc(C(N)=O)cc2)CCN1. The van der Waals surface area contributed by atoms with Gasteiger partial charge in [0.25, 0.3) is 0 Å². The van der Waals surface area contributed by atoms with Gasteiger partial charge in [-0.3, -0.25) is 9.59 Å². The summed E-state index contributed by atoms with van der Waals surface area (Å²) in [7, 11) is 0. The third-order valence-corrected chi connectivity index (χ3v) is 3.70. The van der Waals surface area contributed by atoms with Crippen LogP contribution in [-0.4, -0.2) is 24.4 Å². The molecule has 1 aromatic rings. The van der Waals surface area contributed by atoms with Gasteiger partial charge in [-0.1, -0.05) is 12.1 Å². The van der Waals surface area contributed by atoms with Crippen LogP contribution >= 0.6 is 0 Å². The van der Waals surface area contributed by atoms with Crippen LogP contribution in [0.25, 0.3) is 0 Å². The third kappa shape index (κ3) is 3.81. The van der Waals surface area contributed by atoms with Gasteiger partial charge in [0.2, 0.25) is 11.8 Å². The van der Waals surface area contributed by atoms with Gasteiger partial charge in [-0.25, -0.2) is 0 Å². The molecule has 2 rings (SSSR count). The van der Waals surface area contributed by atoms with Gasteiger partial charge in [0.1, 0.15) is 0 Å². The van der Waals surface area contributed by atoms with Crippen molar-refractivity contribution in [3.8, 4) is 0 Å². The monoisotopic (exact) mass is 275 g/mol. The number of piperidine rings is 1. The van der Waals surface area contributed by atoms with Crippen molar-refractivity contribution in [2.45, 2.75) is 32.4 Å². The molecule has 0 bridgehead atoms. The highest BCUT2D eigenvalue weighted by molar-refractivity contribution is 5.92. The standard InChI is InChI=1S/C15H21N3O2/c1-10-8-13(6-7-17-10)15(20)18-9-11-2-4-12(5-3-11)14(16)19/h2-5,10,13,17H,6-9H2,1H3,(H2,16,19)(H,18,20)/t10-,13-/m0/s1. The molecular formula is C15H21N3O2. The number of carbonyl (C=O) groups is 2. The van der Waals surface area contributed by atoms with Crippen molar-refractivity contribution in [3.05, 3.63) is 35.4 Å². The summed E-state index contributed by atoms with van der Waals surface area (Å²) in [5, 5.41) is 6.29. The van der Waals surface area contributed by atoms with Crippen LogP contribution in [0.3, 0.4) is 0 Å². The van der Waals surface area contributed by atoms with Crippen molar-refractivity contribution in [2.24, 2.45) is 11.7 Å². The van der Waals surface area contributed by atoms with E-state index in [0.29, 0.717) is 18.2 Å². The first-order valence-corrected chi connectivity index (χ1v) is 6.96. The van der Waals surface area contributed by atoms with E-state index in [2.05, 4.69) is 17.6 Å². The van der Waals surface area contributed by atoms with Crippen molar-refractivity contribution in [2.75, 3.05) is 6.54 Å². The van der Waals surface area contributed by atoms with Crippen LogP contribution in [0.1, 0.15) is 35.7 Å². The molecule has 0 saturated carbocycles. The lowest BCUT2D eigenvalue weighted by Gasteiger charge is -2.27. The van der Waals surface area contributed by atoms with Crippen LogP contribution in [0.4, 0.5) is 0 Å². The zero-order valence-electron chi connectivity index (χ0n) is 11.7. The highest BCUT2D eigenvalue weighted by atomic mass is 16.2. The molecule has 1 fully saturated rings. The van der Waals surface area contributed by atoms with E-state index >= 15 is 0 Å². The number of nitrogens with two attached hydrogens (primary N) is 1. The van der Waals surface area contributed by atoms with Crippen molar-refractivity contribution in [1.82, 2.24) is 10.6 Å². The van der Waals surface area contributed by atoms with Crippen molar-refractivity contribution < 1.29 is 9.59 Å². The van der Waals surface area contributed by atoms with Crippen molar-refractivity contribution in [3.63, 3.8) is 0 Å². The first-order chi connectivity index (χ1) is 9.56. The van der Waals surface area contributed by atoms with Gasteiger partial charge in [0, 0.05) is 24.1 Å². The van der Waals surface area contributed by atoms with Gasteiger partial charge in [-0.05, 0) is 44.0 Å². The maximum atomic E-state index is 12.1. The van der Waals surface area contributed by atoms with E-state index in [-0.39, 0.29) is 11.8 Å². The molecule has 0 spiro atoms. The van der Waals surface area contributed by atoms with E-state index in [4.69, 9.17) is 5.73 Å². The highest BCUT2D eigenvalue weighted by Crippen LogP contribution is 2.16. The van der Waals surface area contributed by atoms with Crippen LogP contribution in [0.2, 0.25) is 0 Å². The van der Waals surface area contributed by atoms with E-state index in [9.17, 15) is 9.59 Å². The lowest BCUT2D eigenvalue weighted by molar-refractivity contribution is -0.126. The van der Waals surface area contributed by atoms with Crippen molar-refractivity contribution in [1.29, 1.82) is 0 Å². The second kappa shape index (κ2) is 6.52. The summed E-state index contributed by atoms with van der Waals surface area (Å²) in [6.45, 7) is 3.48. The fourth-order valence-electron chi connectivity index (χ4n) is 2.49. The van der Waals surface area contributed by atoms with Crippen LogP contribution in [0.15, 0.2) is 24.3 Å². The molecular weight excluding hydrogens is 254 g/mol. The third-order valence-electron chi connectivity index (χ3n) is 3.70. The van der Waals surface area contributed by atoms with Crippen LogP contribution < -0.4 is 16.4 Å². The van der Waals surface area contributed by atoms with Crippen LogP contribution in [-0.2, 0) is 11.3 Å². The van der Waals surface area contributed by atoms with Gasteiger partial charge in [-0.2, -0.15) is 0 Å². The molecule has 1 aliphatic heterocycles. The number of rotatable bonds is 4. The Morgan fingerprint density at radius 2 is 2.05 bits per heavy atom. The Hall–Kier alpha value is -1.88. The zero-order valence-corrected chi connectivity index (χ0v) is 11.7. The number of nitrogens with one attached hydrogen (secondary N) is 2. The maximum absolute atomic E-state index is 12.1. The Balaban J connectivity index is 1.85. The van der Waals surface area contributed by atoms with Crippen LogP contribution in [0.5, 0.6) is 0 Å². The molecule has 1 saturated heterocycles. The normalized spacial score (nSPS) is 22.2. The Morgan fingerprint density at radius 1 is 1.35 bits per heavy atom. The van der Waals surface area contributed by atoms with E-state index in [1.54, 1.807) is 12.1 Å². The molecule has 4 N–H and O–H groups in total. The van der Waals surface area contributed by atoms with Gasteiger partial charge >= 0.3 is 0 Å². The molecule has 0 aliphatic carbocycles. The summed E-state index contributed by atoms with van der Waals surface area (Å²) in [4.78, 5) is 23.0. The second-order valence-corrected chi connectivity index (χ2v) is 5.36.